The molecular weight excluding hydrogens is 349 g/mol. The summed E-state index contributed by atoms with van der Waals surface area (Å²) in [6.07, 6.45) is 0. The van der Waals surface area contributed by atoms with Gasteiger partial charge in [0.1, 0.15) is 23.0 Å². The fraction of sp³-hybridized carbons (Fsp3) is 0.167. The van der Waals surface area contributed by atoms with Crippen molar-refractivity contribution in [3.63, 3.8) is 0 Å². The van der Waals surface area contributed by atoms with Crippen LogP contribution in [0.3, 0.4) is 0 Å². The highest BCUT2D eigenvalue weighted by Gasteiger charge is 2.50. The zero-order chi connectivity index (χ0) is 19.1. The van der Waals surface area contributed by atoms with Gasteiger partial charge in [-0.2, -0.15) is 0 Å². The van der Waals surface area contributed by atoms with Gasteiger partial charge in [0.25, 0.3) is 5.91 Å². The molecule has 0 aromatic heterocycles. The second-order valence-corrected chi connectivity index (χ2v) is 6.00. The highest BCUT2D eigenvalue weighted by molar-refractivity contribution is 6.11. The number of nitrogens with one attached hydrogen (secondary N) is 1. The smallest absolute Gasteiger partial charge is 0.319 e. The Morgan fingerprint density at radius 3 is 2.31 bits per heavy atom. The molecule has 3 amide bonds. The minimum atomic E-state index is -1.84. The van der Waals surface area contributed by atoms with Gasteiger partial charge in [0.15, 0.2) is 5.78 Å². The molecule has 5 nitrogen and oxygen atoms in total. The van der Waals surface area contributed by atoms with E-state index in [1.165, 1.54) is 19.1 Å². The number of ketones is 1. The Balaban J connectivity index is 1.88. The molecule has 1 unspecified atom stereocenters. The SMILES string of the molecule is CC1(c2cc(F)ccc2F)NC(=O)N(CC(=O)c2ccc(F)cc2)C1=O. The van der Waals surface area contributed by atoms with Gasteiger partial charge in [-0.05, 0) is 49.4 Å². The summed E-state index contributed by atoms with van der Waals surface area (Å²) in [7, 11) is 0. The topological polar surface area (TPSA) is 66.5 Å². The number of amides is 3. The summed E-state index contributed by atoms with van der Waals surface area (Å²) < 4.78 is 40.5. The van der Waals surface area contributed by atoms with Crippen molar-refractivity contribution in [3.05, 3.63) is 71.0 Å². The number of halogens is 3. The monoisotopic (exact) mass is 362 g/mol. The molecule has 134 valence electrons. The van der Waals surface area contributed by atoms with Gasteiger partial charge in [0, 0.05) is 11.1 Å². The van der Waals surface area contributed by atoms with E-state index < -0.39 is 47.3 Å². The fourth-order valence-corrected chi connectivity index (χ4v) is 2.77. The van der Waals surface area contributed by atoms with E-state index in [1.54, 1.807) is 0 Å². The number of rotatable bonds is 4. The third kappa shape index (κ3) is 2.94. The Morgan fingerprint density at radius 2 is 1.65 bits per heavy atom. The van der Waals surface area contributed by atoms with Crippen LogP contribution in [-0.4, -0.2) is 29.2 Å². The number of benzene rings is 2. The van der Waals surface area contributed by atoms with Gasteiger partial charge in [-0.15, -0.1) is 0 Å². The summed E-state index contributed by atoms with van der Waals surface area (Å²) >= 11 is 0. The van der Waals surface area contributed by atoms with Crippen LogP contribution in [0.15, 0.2) is 42.5 Å². The van der Waals surface area contributed by atoms with Crippen LogP contribution in [0.1, 0.15) is 22.8 Å². The molecule has 2 aromatic rings. The maximum absolute atomic E-state index is 14.1. The van der Waals surface area contributed by atoms with E-state index in [9.17, 15) is 27.6 Å². The lowest BCUT2D eigenvalue weighted by molar-refractivity contribution is -0.130. The molecule has 1 N–H and O–H groups in total. The Kier molecular flexibility index (Phi) is 4.27. The minimum Gasteiger partial charge on any atom is -0.319 e. The number of imide groups is 1. The number of nitrogens with zero attached hydrogens (tertiary/aromatic N) is 1. The van der Waals surface area contributed by atoms with Crippen LogP contribution < -0.4 is 5.32 Å². The molecule has 26 heavy (non-hydrogen) atoms. The van der Waals surface area contributed by atoms with E-state index in [2.05, 4.69) is 5.32 Å². The predicted octanol–water partition coefficient (Wildman–Crippen LogP) is 2.75. The summed E-state index contributed by atoms with van der Waals surface area (Å²) in [4.78, 5) is 37.7. The van der Waals surface area contributed by atoms with Crippen molar-refractivity contribution >= 4 is 17.7 Å². The van der Waals surface area contributed by atoms with E-state index in [0.717, 1.165) is 30.3 Å². The summed E-state index contributed by atoms with van der Waals surface area (Å²) in [5.74, 6) is -3.66. The predicted molar refractivity (Wildman–Crippen MR) is 84.7 cm³/mol. The molecule has 1 aliphatic heterocycles. The minimum absolute atomic E-state index is 0.109. The van der Waals surface area contributed by atoms with Gasteiger partial charge in [0.2, 0.25) is 0 Å². The van der Waals surface area contributed by atoms with Crippen molar-refractivity contribution < 1.29 is 27.6 Å². The van der Waals surface area contributed by atoms with Crippen molar-refractivity contribution in [2.45, 2.75) is 12.5 Å². The van der Waals surface area contributed by atoms with Crippen molar-refractivity contribution in [1.29, 1.82) is 0 Å². The Morgan fingerprint density at radius 1 is 1.04 bits per heavy atom. The van der Waals surface area contributed by atoms with E-state index in [1.807, 2.05) is 0 Å². The maximum Gasteiger partial charge on any atom is 0.325 e. The lowest BCUT2D eigenvalue weighted by Gasteiger charge is -2.22. The second kappa shape index (κ2) is 6.29. The molecule has 1 atom stereocenters. The fourth-order valence-electron chi connectivity index (χ4n) is 2.77. The highest BCUT2D eigenvalue weighted by Crippen LogP contribution is 2.31. The molecule has 1 saturated heterocycles. The van der Waals surface area contributed by atoms with Gasteiger partial charge in [0.05, 0.1) is 6.54 Å². The first-order chi connectivity index (χ1) is 12.2. The number of carbonyl (C=O) groups excluding carboxylic acids is 3. The summed E-state index contributed by atoms with van der Waals surface area (Å²) in [5, 5.41) is 2.30. The molecule has 1 fully saturated rings. The third-order valence-corrected chi connectivity index (χ3v) is 4.21. The average Bonchev–Trinajstić information content (AvgIpc) is 2.81. The number of urea groups is 1. The molecule has 1 aliphatic rings. The highest BCUT2D eigenvalue weighted by atomic mass is 19.1. The maximum atomic E-state index is 14.1. The normalized spacial score (nSPS) is 19.6. The van der Waals surface area contributed by atoms with E-state index in [4.69, 9.17) is 0 Å². The quantitative estimate of drug-likeness (QED) is 0.672. The zero-order valence-corrected chi connectivity index (χ0v) is 13.6. The van der Waals surface area contributed by atoms with Crippen LogP contribution in [0.5, 0.6) is 0 Å². The Hall–Kier alpha value is -3.16. The lowest BCUT2D eigenvalue weighted by atomic mass is 9.91. The molecule has 0 radical (unpaired) electrons. The largest absolute Gasteiger partial charge is 0.325 e. The summed E-state index contributed by atoms with van der Waals surface area (Å²) in [6.45, 7) is 0.621. The number of carbonyl (C=O) groups is 3. The number of hydrogen-bond donors (Lipinski definition) is 1. The molecule has 0 saturated carbocycles. The number of hydrogen-bond acceptors (Lipinski definition) is 3. The van der Waals surface area contributed by atoms with Crippen molar-refractivity contribution in [2.75, 3.05) is 6.54 Å². The molecule has 3 rings (SSSR count). The molecule has 0 aliphatic carbocycles. The van der Waals surface area contributed by atoms with Gasteiger partial charge >= 0.3 is 6.03 Å². The summed E-state index contributed by atoms with van der Waals surface area (Å²) in [5.41, 5.74) is -2.07. The standard InChI is InChI=1S/C18H13F3N2O3/c1-18(13-8-12(20)6-7-14(13)21)16(25)23(17(26)22-18)9-15(24)10-2-4-11(19)5-3-10/h2-8H,9H2,1H3,(H,22,26). The van der Waals surface area contributed by atoms with Crippen LogP contribution in [0.4, 0.5) is 18.0 Å². The first-order valence-electron chi connectivity index (χ1n) is 7.61. The lowest BCUT2D eigenvalue weighted by Crippen LogP contribution is -2.42. The zero-order valence-electron chi connectivity index (χ0n) is 13.6. The molecular formula is C18H13F3N2O3. The Bertz CT molecular complexity index is 914. The first kappa shape index (κ1) is 17.7. The van der Waals surface area contributed by atoms with E-state index in [-0.39, 0.29) is 11.1 Å². The second-order valence-electron chi connectivity index (χ2n) is 6.00. The molecule has 1 heterocycles. The van der Waals surface area contributed by atoms with E-state index in [0.29, 0.717) is 4.90 Å². The molecule has 2 aromatic carbocycles. The van der Waals surface area contributed by atoms with E-state index >= 15 is 0 Å². The summed E-state index contributed by atoms with van der Waals surface area (Å²) in [6, 6.07) is 6.25. The molecule has 0 bridgehead atoms. The first-order valence-corrected chi connectivity index (χ1v) is 7.61. The average molecular weight is 362 g/mol. The molecule has 8 heteroatoms. The van der Waals surface area contributed by atoms with Crippen LogP contribution in [0, 0.1) is 17.5 Å². The van der Waals surface area contributed by atoms with Crippen molar-refractivity contribution in [3.8, 4) is 0 Å². The van der Waals surface area contributed by atoms with Crippen LogP contribution >= 0.6 is 0 Å². The van der Waals surface area contributed by atoms with Gasteiger partial charge in [-0.25, -0.2) is 18.0 Å². The van der Waals surface area contributed by atoms with Gasteiger partial charge < -0.3 is 5.32 Å². The number of Topliss-reactive ketones (excluding diaryl/α,β-unsaturated/α-hetero) is 1. The van der Waals surface area contributed by atoms with Crippen molar-refractivity contribution in [1.82, 2.24) is 10.2 Å². The van der Waals surface area contributed by atoms with Crippen LogP contribution in [0.25, 0.3) is 0 Å². The molecule has 0 spiro atoms. The van der Waals surface area contributed by atoms with Crippen LogP contribution in [-0.2, 0) is 10.3 Å². The van der Waals surface area contributed by atoms with Gasteiger partial charge in [-0.3, -0.25) is 14.5 Å². The van der Waals surface area contributed by atoms with Crippen LogP contribution in [0.2, 0.25) is 0 Å². The Labute approximate surface area is 146 Å². The van der Waals surface area contributed by atoms with Crippen molar-refractivity contribution in [2.24, 2.45) is 0 Å². The van der Waals surface area contributed by atoms with Gasteiger partial charge in [-0.1, -0.05) is 0 Å². The third-order valence-electron chi connectivity index (χ3n) is 4.21.